The van der Waals surface area contributed by atoms with E-state index in [1.165, 1.54) is 18.5 Å². The van der Waals surface area contributed by atoms with Gasteiger partial charge in [-0.3, -0.25) is 4.98 Å². The summed E-state index contributed by atoms with van der Waals surface area (Å²) in [6, 6.07) is 8.05. The number of para-hydroxylation sites is 1. The first-order valence-corrected chi connectivity index (χ1v) is 6.33. The summed E-state index contributed by atoms with van der Waals surface area (Å²) in [6.07, 6.45) is 2.90. The van der Waals surface area contributed by atoms with Gasteiger partial charge in [0.15, 0.2) is 0 Å². The van der Waals surface area contributed by atoms with E-state index < -0.39 is 11.9 Å². The molecule has 21 heavy (non-hydrogen) atoms. The SMILES string of the molecule is CCOC(=O)c1cncc(Nc2ccccc2C(=O)O)c1. The van der Waals surface area contributed by atoms with Gasteiger partial charge in [-0.15, -0.1) is 0 Å². The molecule has 0 unspecified atom stereocenters. The Bertz CT molecular complexity index is 670. The predicted molar refractivity (Wildman–Crippen MR) is 76.9 cm³/mol. The number of esters is 1. The maximum absolute atomic E-state index is 11.6. The number of anilines is 2. The molecule has 0 saturated heterocycles. The standard InChI is InChI=1S/C15H14N2O4/c1-2-21-15(20)10-7-11(9-16-8-10)17-13-6-4-3-5-12(13)14(18)19/h3-9,17H,2H2,1H3,(H,18,19). The summed E-state index contributed by atoms with van der Waals surface area (Å²) in [5.74, 6) is -1.51. The molecule has 6 nitrogen and oxygen atoms in total. The zero-order valence-corrected chi connectivity index (χ0v) is 11.4. The first-order chi connectivity index (χ1) is 10.1. The van der Waals surface area contributed by atoms with E-state index >= 15 is 0 Å². The Balaban J connectivity index is 2.26. The smallest absolute Gasteiger partial charge is 0.339 e. The van der Waals surface area contributed by atoms with E-state index in [0.717, 1.165) is 0 Å². The van der Waals surface area contributed by atoms with Crippen molar-refractivity contribution >= 4 is 23.3 Å². The van der Waals surface area contributed by atoms with Gasteiger partial charge in [-0.1, -0.05) is 12.1 Å². The Morgan fingerprint density at radius 3 is 2.76 bits per heavy atom. The Kier molecular flexibility index (Phi) is 4.50. The van der Waals surface area contributed by atoms with E-state index in [4.69, 9.17) is 9.84 Å². The van der Waals surface area contributed by atoms with Crippen molar-refractivity contribution in [3.8, 4) is 0 Å². The molecule has 0 atom stereocenters. The second-order valence-corrected chi connectivity index (χ2v) is 4.16. The van der Waals surface area contributed by atoms with E-state index in [1.54, 1.807) is 31.2 Å². The van der Waals surface area contributed by atoms with Gasteiger partial charge in [-0.2, -0.15) is 0 Å². The average molecular weight is 286 g/mol. The molecule has 0 radical (unpaired) electrons. The van der Waals surface area contributed by atoms with Gasteiger partial charge in [0.25, 0.3) is 0 Å². The average Bonchev–Trinajstić information content (AvgIpc) is 2.48. The van der Waals surface area contributed by atoms with E-state index in [2.05, 4.69) is 10.3 Å². The molecule has 2 rings (SSSR count). The van der Waals surface area contributed by atoms with Crippen LogP contribution < -0.4 is 5.32 Å². The van der Waals surface area contributed by atoms with Crippen molar-refractivity contribution in [2.75, 3.05) is 11.9 Å². The number of hydrogen-bond donors (Lipinski definition) is 2. The third-order valence-electron chi connectivity index (χ3n) is 2.69. The summed E-state index contributed by atoms with van der Waals surface area (Å²) < 4.78 is 4.89. The van der Waals surface area contributed by atoms with Crippen molar-refractivity contribution in [3.05, 3.63) is 53.9 Å². The monoisotopic (exact) mass is 286 g/mol. The minimum atomic E-state index is -1.03. The molecule has 1 aromatic heterocycles. The molecule has 0 saturated carbocycles. The molecule has 1 heterocycles. The summed E-state index contributed by atoms with van der Waals surface area (Å²) in [4.78, 5) is 26.7. The van der Waals surface area contributed by atoms with Crippen LogP contribution in [0.1, 0.15) is 27.6 Å². The molecule has 0 spiro atoms. The maximum Gasteiger partial charge on any atom is 0.339 e. The number of nitrogens with one attached hydrogen (secondary N) is 1. The number of rotatable bonds is 5. The van der Waals surface area contributed by atoms with Crippen LogP contribution in [0.2, 0.25) is 0 Å². The third kappa shape index (κ3) is 3.56. The Morgan fingerprint density at radius 2 is 2.05 bits per heavy atom. The molecule has 2 N–H and O–H groups in total. The van der Waals surface area contributed by atoms with Gasteiger partial charge >= 0.3 is 11.9 Å². The fourth-order valence-electron chi connectivity index (χ4n) is 1.77. The quantitative estimate of drug-likeness (QED) is 0.821. The lowest BCUT2D eigenvalue weighted by Gasteiger charge is -2.10. The van der Waals surface area contributed by atoms with Gasteiger partial charge in [-0.05, 0) is 25.1 Å². The second kappa shape index (κ2) is 6.51. The molecule has 108 valence electrons. The number of aromatic nitrogens is 1. The van der Waals surface area contributed by atoms with Crippen LogP contribution in [0.5, 0.6) is 0 Å². The number of hydrogen-bond acceptors (Lipinski definition) is 5. The number of nitrogens with zero attached hydrogens (tertiary/aromatic N) is 1. The molecule has 6 heteroatoms. The predicted octanol–water partition coefficient (Wildman–Crippen LogP) is 2.70. The lowest BCUT2D eigenvalue weighted by Crippen LogP contribution is -2.06. The van der Waals surface area contributed by atoms with Gasteiger partial charge in [-0.25, -0.2) is 9.59 Å². The number of carboxylic acids is 1. The van der Waals surface area contributed by atoms with Crippen LogP contribution in [-0.2, 0) is 4.74 Å². The van der Waals surface area contributed by atoms with Gasteiger partial charge in [0.2, 0.25) is 0 Å². The van der Waals surface area contributed by atoms with Gasteiger partial charge in [0, 0.05) is 6.20 Å². The number of ether oxygens (including phenoxy) is 1. The summed E-state index contributed by atoms with van der Waals surface area (Å²) >= 11 is 0. The van der Waals surface area contributed by atoms with Crippen molar-refractivity contribution in [2.45, 2.75) is 6.92 Å². The fraction of sp³-hybridized carbons (Fsp3) is 0.133. The van der Waals surface area contributed by atoms with E-state index in [0.29, 0.717) is 16.9 Å². The topological polar surface area (TPSA) is 88.5 Å². The minimum absolute atomic E-state index is 0.138. The van der Waals surface area contributed by atoms with Crippen LogP contribution in [0.25, 0.3) is 0 Å². The Morgan fingerprint density at radius 1 is 1.29 bits per heavy atom. The molecule has 0 aliphatic heterocycles. The normalized spacial score (nSPS) is 9.95. The van der Waals surface area contributed by atoms with Gasteiger partial charge < -0.3 is 15.2 Å². The minimum Gasteiger partial charge on any atom is -0.478 e. The highest BCUT2D eigenvalue weighted by Crippen LogP contribution is 2.21. The molecule has 0 amide bonds. The zero-order valence-electron chi connectivity index (χ0n) is 11.4. The summed E-state index contributed by atoms with van der Waals surface area (Å²) in [5.41, 5.74) is 1.37. The number of carbonyl (C=O) groups excluding carboxylic acids is 1. The van der Waals surface area contributed by atoms with Gasteiger partial charge in [0.1, 0.15) is 0 Å². The third-order valence-corrected chi connectivity index (χ3v) is 2.69. The molecular formula is C15H14N2O4. The number of carboxylic acid groups (broad SMARTS) is 1. The van der Waals surface area contributed by atoms with Crippen LogP contribution in [-0.4, -0.2) is 28.6 Å². The first kappa shape index (κ1) is 14.5. The molecule has 0 fully saturated rings. The van der Waals surface area contributed by atoms with E-state index in [-0.39, 0.29) is 12.2 Å². The molecule has 1 aromatic carbocycles. The maximum atomic E-state index is 11.6. The Hall–Kier alpha value is -2.89. The molecule has 0 aliphatic carbocycles. The molecular weight excluding hydrogens is 272 g/mol. The largest absolute Gasteiger partial charge is 0.478 e. The van der Waals surface area contributed by atoms with Crippen molar-refractivity contribution in [1.82, 2.24) is 4.98 Å². The molecule has 2 aromatic rings. The van der Waals surface area contributed by atoms with E-state index in [1.807, 2.05) is 0 Å². The van der Waals surface area contributed by atoms with Crippen LogP contribution in [0.15, 0.2) is 42.7 Å². The summed E-state index contributed by atoms with van der Waals surface area (Å²) in [5, 5.41) is 12.1. The first-order valence-electron chi connectivity index (χ1n) is 6.33. The van der Waals surface area contributed by atoms with Crippen LogP contribution in [0.4, 0.5) is 11.4 Å². The van der Waals surface area contributed by atoms with Crippen LogP contribution in [0.3, 0.4) is 0 Å². The van der Waals surface area contributed by atoms with Crippen LogP contribution >= 0.6 is 0 Å². The number of aromatic carboxylic acids is 1. The van der Waals surface area contributed by atoms with Crippen LogP contribution in [0, 0.1) is 0 Å². The fourth-order valence-corrected chi connectivity index (χ4v) is 1.77. The van der Waals surface area contributed by atoms with Crippen molar-refractivity contribution < 1.29 is 19.4 Å². The van der Waals surface area contributed by atoms with Crippen molar-refractivity contribution in [1.29, 1.82) is 0 Å². The van der Waals surface area contributed by atoms with E-state index in [9.17, 15) is 9.59 Å². The lowest BCUT2D eigenvalue weighted by atomic mass is 10.1. The highest BCUT2D eigenvalue weighted by atomic mass is 16.5. The number of benzene rings is 1. The highest BCUT2D eigenvalue weighted by molar-refractivity contribution is 5.95. The second-order valence-electron chi connectivity index (χ2n) is 4.16. The number of carbonyl (C=O) groups is 2. The molecule has 0 bridgehead atoms. The van der Waals surface area contributed by atoms with Gasteiger partial charge in [0.05, 0.1) is 35.3 Å². The van der Waals surface area contributed by atoms with Crippen molar-refractivity contribution in [2.24, 2.45) is 0 Å². The summed E-state index contributed by atoms with van der Waals surface area (Å²) in [6.45, 7) is 1.99. The lowest BCUT2D eigenvalue weighted by molar-refractivity contribution is 0.0525. The highest BCUT2D eigenvalue weighted by Gasteiger charge is 2.11. The Labute approximate surface area is 121 Å². The summed E-state index contributed by atoms with van der Waals surface area (Å²) in [7, 11) is 0. The number of pyridine rings is 1. The van der Waals surface area contributed by atoms with Crippen molar-refractivity contribution in [3.63, 3.8) is 0 Å². The molecule has 0 aliphatic rings. The zero-order chi connectivity index (χ0) is 15.2.